The number of ether oxygens (including phenoxy) is 2. The van der Waals surface area contributed by atoms with Gasteiger partial charge in [0.15, 0.2) is 11.5 Å². The molecule has 0 aromatic heterocycles. The highest BCUT2D eigenvalue weighted by molar-refractivity contribution is 5.78. The Morgan fingerprint density at radius 1 is 1.29 bits per heavy atom. The van der Waals surface area contributed by atoms with Crippen molar-refractivity contribution in [2.75, 3.05) is 19.8 Å². The van der Waals surface area contributed by atoms with Crippen molar-refractivity contribution in [2.24, 2.45) is 11.7 Å². The van der Waals surface area contributed by atoms with Crippen LogP contribution in [0.5, 0.6) is 11.5 Å². The largest absolute Gasteiger partial charge is 0.490 e. The molecule has 1 fully saturated rings. The van der Waals surface area contributed by atoms with E-state index in [4.69, 9.17) is 15.2 Å². The number of primary amides is 1. The van der Waals surface area contributed by atoms with Crippen LogP contribution in [0.4, 0.5) is 0 Å². The van der Waals surface area contributed by atoms with E-state index in [-0.39, 0.29) is 17.9 Å². The molecule has 3 N–H and O–H groups in total. The van der Waals surface area contributed by atoms with Crippen LogP contribution in [0.1, 0.15) is 38.3 Å². The van der Waals surface area contributed by atoms with E-state index in [9.17, 15) is 4.79 Å². The second kappa shape index (κ2) is 7.31. The van der Waals surface area contributed by atoms with Gasteiger partial charge in [0.1, 0.15) is 0 Å². The lowest BCUT2D eigenvalue weighted by Crippen LogP contribution is -2.40. The summed E-state index contributed by atoms with van der Waals surface area (Å²) < 4.78 is 11.2. The molecule has 1 aliphatic heterocycles. The minimum Gasteiger partial charge on any atom is -0.490 e. The molecule has 2 unspecified atom stereocenters. The average molecular weight is 292 g/mol. The Morgan fingerprint density at radius 2 is 2.00 bits per heavy atom. The highest BCUT2D eigenvalue weighted by Crippen LogP contribution is 2.35. The van der Waals surface area contributed by atoms with E-state index in [0.29, 0.717) is 19.0 Å². The Balaban J connectivity index is 2.29. The number of benzene rings is 1. The first-order valence-corrected chi connectivity index (χ1v) is 7.59. The molecule has 1 aliphatic rings. The maximum atomic E-state index is 11.6. The molecule has 2 atom stereocenters. The van der Waals surface area contributed by atoms with Gasteiger partial charge in [-0.05, 0) is 50.9 Å². The van der Waals surface area contributed by atoms with Gasteiger partial charge in [-0.15, -0.1) is 0 Å². The standard InChI is InChI=1S/C16H24N2O3/c1-3-20-13-8-7-11(10-14(13)21-4-2)15-12(16(17)19)6-5-9-18-15/h7-8,10,12,15,18H,3-6,9H2,1-2H3,(H2,17,19). The molecule has 0 aliphatic carbocycles. The molecule has 0 bridgehead atoms. The molecule has 0 saturated carbocycles. The lowest BCUT2D eigenvalue weighted by Gasteiger charge is -2.31. The summed E-state index contributed by atoms with van der Waals surface area (Å²) in [7, 11) is 0. The van der Waals surface area contributed by atoms with Gasteiger partial charge >= 0.3 is 0 Å². The third-order valence-electron chi connectivity index (χ3n) is 3.75. The molecule has 1 amide bonds. The fraction of sp³-hybridized carbons (Fsp3) is 0.562. The van der Waals surface area contributed by atoms with E-state index in [1.54, 1.807) is 0 Å². The minimum absolute atomic E-state index is 0.0499. The van der Waals surface area contributed by atoms with Crippen LogP contribution in [-0.4, -0.2) is 25.7 Å². The Kier molecular flexibility index (Phi) is 5.44. The van der Waals surface area contributed by atoms with E-state index < -0.39 is 0 Å². The first-order valence-electron chi connectivity index (χ1n) is 7.59. The molecule has 0 radical (unpaired) electrons. The van der Waals surface area contributed by atoms with Gasteiger partial charge in [-0.3, -0.25) is 4.79 Å². The summed E-state index contributed by atoms with van der Waals surface area (Å²) in [5, 5.41) is 3.39. The predicted octanol–water partition coefficient (Wildman–Crippen LogP) is 2.01. The van der Waals surface area contributed by atoms with Crippen molar-refractivity contribution >= 4 is 5.91 Å². The second-order valence-corrected chi connectivity index (χ2v) is 5.16. The molecule has 1 aromatic rings. The summed E-state index contributed by atoms with van der Waals surface area (Å²) in [6, 6.07) is 5.78. The van der Waals surface area contributed by atoms with Crippen LogP contribution in [0.15, 0.2) is 18.2 Å². The van der Waals surface area contributed by atoms with E-state index in [1.165, 1.54) is 0 Å². The first-order chi connectivity index (χ1) is 10.2. The molecule has 1 saturated heterocycles. The Labute approximate surface area is 125 Å². The number of carbonyl (C=O) groups is 1. The van der Waals surface area contributed by atoms with E-state index in [2.05, 4.69) is 5.32 Å². The number of piperidine rings is 1. The van der Waals surface area contributed by atoms with E-state index >= 15 is 0 Å². The molecule has 1 heterocycles. The Bertz CT molecular complexity index is 490. The molecule has 0 spiro atoms. The zero-order chi connectivity index (χ0) is 15.2. The molecule has 5 nitrogen and oxygen atoms in total. The minimum atomic E-state index is -0.251. The SMILES string of the molecule is CCOc1ccc(C2NCCCC2C(N)=O)cc1OCC. The lowest BCUT2D eigenvalue weighted by atomic mass is 9.85. The zero-order valence-electron chi connectivity index (χ0n) is 12.7. The van der Waals surface area contributed by atoms with Gasteiger partial charge < -0.3 is 20.5 Å². The summed E-state index contributed by atoms with van der Waals surface area (Å²) in [6.07, 6.45) is 1.80. The van der Waals surface area contributed by atoms with Crippen LogP contribution in [0.3, 0.4) is 0 Å². The van der Waals surface area contributed by atoms with Crippen LogP contribution < -0.4 is 20.5 Å². The smallest absolute Gasteiger partial charge is 0.222 e. The molecule has 21 heavy (non-hydrogen) atoms. The van der Waals surface area contributed by atoms with Crippen LogP contribution in [0.25, 0.3) is 0 Å². The highest BCUT2D eigenvalue weighted by Gasteiger charge is 2.30. The monoisotopic (exact) mass is 292 g/mol. The maximum absolute atomic E-state index is 11.6. The van der Waals surface area contributed by atoms with Gasteiger partial charge in [0.05, 0.1) is 19.1 Å². The zero-order valence-corrected chi connectivity index (χ0v) is 12.7. The molecular formula is C16H24N2O3. The lowest BCUT2D eigenvalue weighted by molar-refractivity contribution is -0.123. The van der Waals surface area contributed by atoms with Crippen LogP contribution in [0, 0.1) is 5.92 Å². The summed E-state index contributed by atoms with van der Waals surface area (Å²) in [5.41, 5.74) is 6.55. The molecule has 5 heteroatoms. The summed E-state index contributed by atoms with van der Waals surface area (Å²) in [5.74, 6) is 1.02. The number of hydrogen-bond acceptors (Lipinski definition) is 4. The number of rotatable bonds is 6. The molecule has 2 rings (SSSR count). The predicted molar refractivity (Wildman–Crippen MR) is 81.4 cm³/mol. The van der Waals surface area contributed by atoms with Gasteiger partial charge in [0.2, 0.25) is 5.91 Å². The second-order valence-electron chi connectivity index (χ2n) is 5.16. The summed E-state index contributed by atoms with van der Waals surface area (Å²) in [4.78, 5) is 11.6. The van der Waals surface area contributed by atoms with Crippen molar-refractivity contribution in [2.45, 2.75) is 32.7 Å². The summed E-state index contributed by atoms with van der Waals surface area (Å²) >= 11 is 0. The third kappa shape index (κ3) is 3.67. The fourth-order valence-electron chi connectivity index (χ4n) is 2.81. The highest BCUT2D eigenvalue weighted by atomic mass is 16.5. The Morgan fingerprint density at radius 3 is 2.67 bits per heavy atom. The molecule has 116 valence electrons. The molecule has 1 aromatic carbocycles. The van der Waals surface area contributed by atoms with Crippen molar-refractivity contribution < 1.29 is 14.3 Å². The van der Waals surface area contributed by atoms with Crippen LogP contribution in [0.2, 0.25) is 0 Å². The van der Waals surface area contributed by atoms with Crippen molar-refractivity contribution in [3.8, 4) is 11.5 Å². The number of carbonyl (C=O) groups excluding carboxylic acids is 1. The van der Waals surface area contributed by atoms with Gasteiger partial charge in [0.25, 0.3) is 0 Å². The third-order valence-corrected chi connectivity index (χ3v) is 3.75. The van der Waals surface area contributed by atoms with E-state index in [0.717, 1.165) is 30.7 Å². The summed E-state index contributed by atoms with van der Waals surface area (Å²) in [6.45, 7) is 5.93. The van der Waals surface area contributed by atoms with Gasteiger partial charge in [-0.1, -0.05) is 6.07 Å². The van der Waals surface area contributed by atoms with Gasteiger partial charge in [-0.25, -0.2) is 0 Å². The number of hydrogen-bond donors (Lipinski definition) is 2. The maximum Gasteiger partial charge on any atom is 0.222 e. The number of amides is 1. The quantitative estimate of drug-likeness (QED) is 0.841. The molecular weight excluding hydrogens is 268 g/mol. The number of nitrogens with two attached hydrogens (primary N) is 1. The number of nitrogens with one attached hydrogen (secondary N) is 1. The average Bonchev–Trinajstić information content (AvgIpc) is 2.49. The van der Waals surface area contributed by atoms with Gasteiger partial charge in [0, 0.05) is 6.04 Å². The topological polar surface area (TPSA) is 73.6 Å². The normalized spacial score (nSPS) is 21.8. The van der Waals surface area contributed by atoms with E-state index in [1.807, 2.05) is 32.0 Å². The first kappa shape index (κ1) is 15.6. The van der Waals surface area contributed by atoms with Crippen molar-refractivity contribution in [3.63, 3.8) is 0 Å². The fourth-order valence-corrected chi connectivity index (χ4v) is 2.81. The van der Waals surface area contributed by atoms with Crippen LogP contribution >= 0.6 is 0 Å². The van der Waals surface area contributed by atoms with Crippen LogP contribution in [-0.2, 0) is 4.79 Å². The van der Waals surface area contributed by atoms with Crippen molar-refractivity contribution in [1.82, 2.24) is 5.32 Å². The van der Waals surface area contributed by atoms with Crippen molar-refractivity contribution in [1.29, 1.82) is 0 Å². The Hall–Kier alpha value is -1.75. The van der Waals surface area contributed by atoms with Crippen molar-refractivity contribution in [3.05, 3.63) is 23.8 Å². The van der Waals surface area contributed by atoms with Gasteiger partial charge in [-0.2, -0.15) is 0 Å².